The summed E-state index contributed by atoms with van der Waals surface area (Å²) in [6.45, 7) is 0.917. The maximum absolute atomic E-state index is 12.7. The molecule has 0 saturated carbocycles. The Morgan fingerprint density at radius 3 is 2.41 bits per heavy atom. The average Bonchev–Trinajstić information content (AvgIpc) is 2.65. The second-order valence-electron chi connectivity index (χ2n) is 5.95. The minimum absolute atomic E-state index is 0.0529. The molecule has 0 fully saturated rings. The number of sulfonamides is 1. The van der Waals surface area contributed by atoms with E-state index >= 15 is 0 Å². The van der Waals surface area contributed by atoms with Gasteiger partial charge < -0.3 is 10.1 Å². The first-order valence-corrected chi connectivity index (χ1v) is 10.4. The van der Waals surface area contributed by atoms with Crippen LogP contribution >= 0.6 is 11.6 Å². The molecule has 8 heteroatoms. The lowest BCUT2D eigenvalue weighted by atomic mass is 10.1. The van der Waals surface area contributed by atoms with E-state index in [1.807, 2.05) is 30.3 Å². The molecular weight excluding hydrogens is 388 g/mol. The van der Waals surface area contributed by atoms with Gasteiger partial charge in [0.2, 0.25) is 15.9 Å². The third-order valence-electron chi connectivity index (χ3n) is 3.84. The van der Waals surface area contributed by atoms with Crippen LogP contribution in [0.3, 0.4) is 0 Å². The van der Waals surface area contributed by atoms with Gasteiger partial charge in [-0.2, -0.15) is 4.72 Å². The van der Waals surface area contributed by atoms with Crippen LogP contribution in [0.5, 0.6) is 0 Å². The lowest BCUT2D eigenvalue weighted by Gasteiger charge is -2.19. The van der Waals surface area contributed by atoms with Gasteiger partial charge in [0.05, 0.1) is 4.90 Å². The first-order chi connectivity index (χ1) is 12.9. The highest BCUT2D eigenvalue weighted by molar-refractivity contribution is 7.89. The molecule has 0 aliphatic rings. The van der Waals surface area contributed by atoms with E-state index in [9.17, 15) is 13.2 Å². The van der Waals surface area contributed by atoms with E-state index in [1.54, 1.807) is 7.11 Å². The summed E-state index contributed by atoms with van der Waals surface area (Å²) in [6.07, 6.45) is 0.883. The molecule has 0 unspecified atom stereocenters. The molecule has 0 radical (unpaired) electrons. The number of ether oxygens (including phenoxy) is 1. The monoisotopic (exact) mass is 410 g/mol. The number of rotatable bonds is 10. The Kier molecular flexibility index (Phi) is 8.24. The zero-order valence-corrected chi connectivity index (χ0v) is 16.6. The maximum atomic E-state index is 12.7. The molecule has 0 bridgehead atoms. The fraction of sp³-hybridized carbons (Fsp3) is 0.316. The van der Waals surface area contributed by atoms with Crippen molar-refractivity contribution < 1.29 is 17.9 Å². The predicted molar refractivity (Wildman–Crippen MR) is 105 cm³/mol. The van der Waals surface area contributed by atoms with Crippen molar-refractivity contribution in [1.29, 1.82) is 0 Å². The van der Waals surface area contributed by atoms with Gasteiger partial charge in [-0.1, -0.05) is 41.9 Å². The van der Waals surface area contributed by atoms with Crippen molar-refractivity contribution in [3.05, 3.63) is 65.2 Å². The van der Waals surface area contributed by atoms with Crippen LogP contribution in [0.15, 0.2) is 59.5 Å². The van der Waals surface area contributed by atoms with Crippen molar-refractivity contribution in [2.45, 2.75) is 23.8 Å². The van der Waals surface area contributed by atoms with E-state index in [0.717, 1.165) is 5.56 Å². The van der Waals surface area contributed by atoms with Crippen molar-refractivity contribution in [2.75, 3.05) is 20.3 Å². The Labute approximate surface area is 164 Å². The summed E-state index contributed by atoms with van der Waals surface area (Å²) >= 11 is 5.82. The number of amides is 1. The lowest BCUT2D eigenvalue weighted by molar-refractivity contribution is -0.122. The Bertz CT molecular complexity index is 827. The molecule has 0 heterocycles. The maximum Gasteiger partial charge on any atom is 0.241 e. The molecule has 2 aromatic carbocycles. The van der Waals surface area contributed by atoms with Gasteiger partial charge >= 0.3 is 0 Å². The largest absolute Gasteiger partial charge is 0.385 e. The smallest absolute Gasteiger partial charge is 0.241 e. The first kappa shape index (κ1) is 21.4. The summed E-state index contributed by atoms with van der Waals surface area (Å²) in [5.41, 5.74) is 0.855. The lowest BCUT2D eigenvalue weighted by Crippen LogP contribution is -2.48. The summed E-state index contributed by atoms with van der Waals surface area (Å²) in [5.74, 6) is -0.382. The molecule has 2 aromatic rings. The van der Waals surface area contributed by atoms with E-state index in [0.29, 0.717) is 24.6 Å². The molecule has 0 aliphatic heterocycles. The summed E-state index contributed by atoms with van der Waals surface area (Å²) in [6, 6.07) is 14.1. The van der Waals surface area contributed by atoms with Crippen molar-refractivity contribution in [3.63, 3.8) is 0 Å². The Morgan fingerprint density at radius 2 is 1.78 bits per heavy atom. The Balaban J connectivity index is 2.15. The molecule has 146 valence electrons. The number of halogens is 1. The van der Waals surface area contributed by atoms with Crippen LogP contribution in [0.4, 0.5) is 0 Å². The number of hydrogen-bond acceptors (Lipinski definition) is 4. The van der Waals surface area contributed by atoms with E-state index in [2.05, 4.69) is 10.0 Å². The number of carbonyl (C=O) groups is 1. The van der Waals surface area contributed by atoms with Crippen LogP contribution in [0.1, 0.15) is 12.0 Å². The van der Waals surface area contributed by atoms with E-state index in [1.165, 1.54) is 24.3 Å². The minimum Gasteiger partial charge on any atom is -0.385 e. The van der Waals surface area contributed by atoms with Gasteiger partial charge in [-0.05, 0) is 42.7 Å². The van der Waals surface area contributed by atoms with Gasteiger partial charge in [0.15, 0.2) is 0 Å². The van der Waals surface area contributed by atoms with Crippen molar-refractivity contribution in [2.24, 2.45) is 0 Å². The minimum atomic E-state index is -3.87. The standard InChI is InChI=1S/C19H23ClN2O4S/c1-26-13-5-12-21-19(23)18(14-15-6-3-2-4-7-15)22-27(24,25)17-10-8-16(20)9-11-17/h2-4,6-11,18,22H,5,12-14H2,1H3,(H,21,23)/t18-/m1/s1. The second-order valence-corrected chi connectivity index (χ2v) is 8.11. The SMILES string of the molecule is COCCCNC(=O)[C@@H](Cc1ccccc1)NS(=O)(=O)c1ccc(Cl)cc1. The number of methoxy groups -OCH3 is 1. The van der Waals surface area contributed by atoms with Gasteiger partial charge in [0.25, 0.3) is 0 Å². The summed E-state index contributed by atoms with van der Waals surface area (Å²) in [5, 5.41) is 3.19. The van der Waals surface area contributed by atoms with Gasteiger partial charge in [-0.25, -0.2) is 8.42 Å². The third kappa shape index (κ3) is 6.95. The number of benzene rings is 2. The zero-order chi connectivity index (χ0) is 19.7. The average molecular weight is 411 g/mol. The van der Waals surface area contributed by atoms with E-state index in [-0.39, 0.29) is 17.2 Å². The van der Waals surface area contributed by atoms with Crippen molar-refractivity contribution in [3.8, 4) is 0 Å². The molecule has 0 spiro atoms. The van der Waals surface area contributed by atoms with Crippen LogP contribution in [0.2, 0.25) is 5.02 Å². The number of carbonyl (C=O) groups excluding carboxylic acids is 1. The molecule has 27 heavy (non-hydrogen) atoms. The highest BCUT2D eigenvalue weighted by Crippen LogP contribution is 2.15. The molecule has 0 aromatic heterocycles. The van der Waals surface area contributed by atoms with Gasteiger partial charge in [-0.15, -0.1) is 0 Å². The Morgan fingerprint density at radius 1 is 1.11 bits per heavy atom. The Hall–Kier alpha value is -1.93. The van der Waals surface area contributed by atoms with E-state index < -0.39 is 16.1 Å². The molecule has 0 saturated heterocycles. The highest BCUT2D eigenvalue weighted by Gasteiger charge is 2.25. The van der Waals surface area contributed by atoms with E-state index in [4.69, 9.17) is 16.3 Å². The number of hydrogen-bond donors (Lipinski definition) is 2. The normalized spacial score (nSPS) is 12.5. The van der Waals surface area contributed by atoms with Crippen molar-refractivity contribution in [1.82, 2.24) is 10.0 Å². The van der Waals surface area contributed by atoms with Crippen molar-refractivity contribution >= 4 is 27.5 Å². The van der Waals surface area contributed by atoms with Crippen LogP contribution in [0, 0.1) is 0 Å². The molecule has 2 N–H and O–H groups in total. The zero-order valence-electron chi connectivity index (χ0n) is 15.0. The van der Waals surface area contributed by atoms with Gasteiger partial charge in [-0.3, -0.25) is 4.79 Å². The summed E-state index contributed by atoms with van der Waals surface area (Å²) in [4.78, 5) is 12.6. The highest BCUT2D eigenvalue weighted by atomic mass is 35.5. The van der Waals surface area contributed by atoms with Crippen LogP contribution in [-0.4, -0.2) is 40.6 Å². The van der Waals surface area contributed by atoms with Crippen LogP contribution in [-0.2, 0) is 26.0 Å². The fourth-order valence-electron chi connectivity index (χ4n) is 2.46. The molecule has 1 atom stereocenters. The molecule has 6 nitrogen and oxygen atoms in total. The molecule has 1 amide bonds. The van der Waals surface area contributed by atoms with Crippen LogP contribution in [0.25, 0.3) is 0 Å². The first-order valence-electron chi connectivity index (χ1n) is 8.51. The second kappa shape index (κ2) is 10.4. The quantitative estimate of drug-likeness (QED) is 0.589. The topological polar surface area (TPSA) is 84.5 Å². The van der Waals surface area contributed by atoms with Crippen LogP contribution < -0.4 is 10.0 Å². The van der Waals surface area contributed by atoms with Gasteiger partial charge in [0, 0.05) is 25.3 Å². The fourth-order valence-corrected chi connectivity index (χ4v) is 3.78. The molecular formula is C19H23ClN2O4S. The molecule has 0 aliphatic carbocycles. The third-order valence-corrected chi connectivity index (χ3v) is 5.58. The summed E-state index contributed by atoms with van der Waals surface area (Å²) in [7, 11) is -2.29. The van der Waals surface area contributed by atoms with Gasteiger partial charge in [0.1, 0.15) is 6.04 Å². The molecule has 2 rings (SSSR count). The number of nitrogens with one attached hydrogen (secondary N) is 2. The predicted octanol–water partition coefficient (Wildman–Crippen LogP) is 2.38. The summed E-state index contributed by atoms with van der Waals surface area (Å²) < 4.78 is 32.8.